The first-order chi connectivity index (χ1) is 13.5. The molecule has 1 amide bonds. The molecule has 0 bridgehead atoms. The third-order valence-corrected chi connectivity index (χ3v) is 5.39. The van der Waals surface area contributed by atoms with Gasteiger partial charge in [0.15, 0.2) is 5.69 Å². The Hall–Kier alpha value is -3.15. The average molecular weight is 377 g/mol. The molecular formula is C22H23N3O3. The van der Waals surface area contributed by atoms with E-state index in [4.69, 9.17) is 4.74 Å². The maximum absolute atomic E-state index is 12.8. The van der Waals surface area contributed by atoms with Crippen molar-refractivity contribution in [2.24, 2.45) is 0 Å². The maximum Gasteiger partial charge on any atom is 0.278 e. The van der Waals surface area contributed by atoms with E-state index in [0.717, 1.165) is 18.6 Å². The van der Waals surface area contributed by atoms with Gasteiger partial charge >= 0.3 is 0 Å². The van der Waals surface area contributed by atoms with Crippen LogP contribution in [0.15, 0.2) is 47.3 Å². The van der Waals surface area contributed by atoms with Crippen LogP contribution in [0.2, 0.25) is 0 Å². The third kappa shape index (κ3) is 3.50. The van der Waals surface area contributed by atoms with E-state index in [2.05, 4.69) is 30.1 Å². The molecule has 0 spiro atoms. The second-order valence-electron chi connectivity index (χ2n) is 7.30. The van der Waals surface area contributed by atoms with E-state index in [1.54, 1.807) is 23.1 Å². The molecular weight excluding hydrogens is 354 g/mol. The number of ether oxygens (including phenoxy) is 1. The largest absolute Gasteiger partial charge is 0.490 e. The van der Waals surface area contributed by atoms with Crippen molar-refractivity contribution in [1.29, 1.82) is 0 Å². The van der Waals surface area contributed by atoms with Gasteiger partial charge in [-0.15, -0.1) is 0 Å². The monoisotopic (exact) mass is 377 g/mol. The number of nitrogens with zero attached hydrogens (tertiary/aromatic N) is 2. The molecule has 6 nitrogen and oxygen atoms in total. The number of aryl methyl sites for hydroxylation is 2. The highest BCUT2D eigenvalue weighted by molar-refractivity contribution is 5.95. The highest BCUT2D eigenvalue weighted by Crippen LogP contribution is 2.22. The van der Waals surface area contributed by atoms with E-state index in [1.165, 1.54) is 11.1 Å². The van der Waals surface area contributed by atoms with Gasteiger partial charge in [0.2, 0.25) is 5.43 Å². The Morgan fingerprint density at radius 1 is 1.11 bits per heavy atom. The Kier molecular flexibility index (Phi) is 4.86. The molecule has 1 aliphatic heterocycles. The number of rotatable bonds is 3. The maximum atomic E-state index is 12.8. The first-order valence-electron chi connectivity index (χ1n) is 9.53. The molecule has 6 heteroatoms. The lowest BCUT2D eigenvalue weighted by atomic mass is 10.1. The number of likely N-dealkylation sites (tertiary alicyclic amines) is 1. The normalized spacial score (nSPS) is 15.0. The second kappa shape index (κ2) is 7.46. The number of nitrogens with one attached hydrogen (secondary N) is 1. The summed E-state index contributed by atoms with van der Waals surface area (Å²) in [6, 6.07) is 13.2. The van der Waals surface area contributed by atoms with Crippen molar-refractivity contribution in [3.8, 4) is 5.75 Å². The molecule has 144 valence electrons. The second-order valence-corrected chi connectivity index (χ2v) is 7.30. The zero-order valence-electron chi connectivity index (χ0n) is 16.1. The predicted molar refractivity (Wildman–Crippen MR) is 108 cm³/mol. The lowest BCUT2D eigenvalue weighted by molar-refractivity contribution is 0.0588. The topological polar surface area (TPSA) is 75.3 Å². The summed E-state index contributed by atoms with van der Waals surface area (Å²) < 4.78 is 6.08. The number of carbonyl (C=O) groups excluding carboxylic acids is 1. The zero-order chi connectivity index (χ0) is 19.7. The number of para-hydroxylation sites is 1. The summed E-state index contributed by atoms with van der Waals surface area (Å²) in [6.07, 6.45) is 1.52. The van der Waals surface area contributed by atoms with Crippen LogP contribution < -0.4 is 10.2 Å². The van der Waals surface area contributed by atoms with Crippen molar-refractivity contribution < 1.29 is 9.53 Å². The summed E-state index contributed by atoms with van der Waals surface area (Å²) >= 11 is 0. The van der Waals surface area contributed by atoms with Gasteiger partial charge < -0.3 is 9.64 Å². The lowest BCUT2D eigenvalue weighted by Crippen LogP contribution is -2.43. The van der Waals surface area contributed by atoms with Gasteiger partial charge in [0, 0.05) is 31.3 Å². The number of hydrogen-bond donors (Lipinski definition) is 1. The van der Waals surface area contributed by atoms with E-state index in [-0.39, 0.29) is 23.1 Å². The van der Waals surface area contributed by atoms with Crippen molar-refractivity contribution in [3.05, 3.63) is 69.5 Å². The summed E-state index contributed by atoms with van der Waals surface area (Å²) in [4.78, 5) is 27.1. The number of benzene rings is 2. The average Bonchev–Trinajstić information content (AvgIpc) is 2.71. The molecule has 1 aromatic heterocycles. The van der Waals surface area contributed by atoms with E-state index >= 15 is 0 Å². The van der Waals surface area contributed by atoms with Gasteiger partial charge in [-0.05, 0) is 49.2 Å². The van der Waals surface area contributed by atoms with Crippen LogP contribution in [0.3, 0.4) is 0 Å². The van der Waals surface area contributed by atoms with Crippen molar-refractivity contribution in [2.45, 2.75) is 32.8 Å². The van der Waals surface area contributed by atoms with E-state index < -0.39 is 0 Å². The van der Waals surface area contributed by atoms with Gasteiger partial charge in [-0.2, -0.15) is 5.10 Å². The minimum Gasteiger partial charge on any atom is -0.490 e. The Morgan fingerprint density at radius 2 is 1.86 bits per heavy atom. The molecule has 1 fully saturated rings. The SMILES string of the molecule is Cc1ccc(OC2CCN(C(=O)c3n[nH]c4ccccc4c3=O)CC2)cc1C. The number of aromatic nitrogens is 2. The first-order valence-corrected chi connectivity index (χ1v) is 9.53. The van der Waals surface area contributed by atoms with Crippen LogP contribution in [0, 0.1) is 13.8 Å². The lowest BCUT2D eigenvalue weighted by Gasteiger charge is -2.32. The number of carbonyl (C=O) groups is 1. The van der Waals surface area contributed by atoms with Crippen LogP contribution in [-0.2, 0) is 0 Å². The van der Waals surface area contributed by atoms with Crippen molar-refractivity contribution in [2.75, 3.05) is 13.1 Å². The number of fused-ring (bicyclic) bond motifs is 1. The minimum atomic E-state index is -0.326. The van der Waals surface area contributed by atoms with Crippen LogP contribution >= 0.6 is 0 Å². The number of piperidine rings is 1. The first kappa shape index (κ1) is 18.2. The van der Waals surface area contributed by atoms with Crippen LogP contribution in [0.25, 0.3) is 10.9 Å². The van der Waals surface area contributed by atoms with Gasteiger partial charge in [-0.3, -0.25) is 14.7 Å². The van der Waals surface area contributed by atoms with Gasteiger partial charge in [0.25, 0.3) is 5.91 Å². The summed E-state index contributed by atoms with van der Waals surface area (Å²) in [6.45, 7) is 5.23. The van der Waals surface area contributed by atoms with E-state index in [0.29, 0.717) is 24.0 Å². The van der Waals surface area contributed by atoms with Gasteiger partial charge in [-0.1, -0.05) is 18.2 Å². The van der Waals surface area contributed by atoms with Crippen LogP contribution in [0.5, 0.6) is 5.75 Å². The third-order valence-electron chi connectivity index (χ3n) is 5.39. The zero-order valence-corrected chi connectivity index (χ0v) is 16.1. The van der Waals surface area contributed by atoms with Crippen molar-refractivity contribution >= 4 is 16.8 Å². The van der Waals surface area contributed by atoms with Crippen LogP contribution in [0.1, 0.15) is 34.5 Å². The molecule has 28 heavy (non-hydrogen) atoms. The number of hydrogen-bond acceptors (Lipinski definition) is 4. The fourth-order valence-corrected chi connectivity index (χ4v) is 3.52. The smallest absolute Gasteiger partial charge is 0.278 e. The fraction of sp³-hybridized carbons (Fsp3) is 0.318. The molecule has 3 aromatic rings. The Labute approximate surface area is 163 Å². The van der Waals surface area contributed by atoms with Gasteiger partial charge in [0.1, 0.15) is 11.9 Å². The van der Waals surface area contributed by atoms with E-state index in [1.807, 2.05) is 18.2 Å². The Morgan fingerprint density at radius 3 is 2.61 bits per heavy atom. The summed E-state index contributed by atoms with van der Waals surface area (Å²) in [7, 11) is 0. The number of amides is 1. The molecule has 1 N–H and O–H groups in total. The molecule has 0 aliphatic carbocycles. The molecule has 1 aliphatic rings. The summed E-state index contributed by atoms with van der Waals surface area (Å²) in [5.74, 6) is 0.539. The Balaban J connectivity index is 1.43. The van der Waals surface area contributed by atoms with Crippen LogP contribution in [0.4, 0.5) is 0 Å². The van der Waals surface area contributed by atoms with Crippen molar-refractivity contribution in [3.63, 3.8) is 0 Å². The van der Waals surface area contributed by atoms with Crippen molar-refractivity contribution in [1.82, 2.24) is 15.1 Å². The molecule has 0 unspecified atom stereocenters. The Bertz CT molecular complexity index is 1080. The molecule has 0 atom stereocenters. The van der Waals surface area contributed by atoms with E-state index in [9.17, 15) is 9.59 Å². The summed E-state index contributed by atoms with van der Waals surface area (Å²) in [5.41, 5.74) is 2.69. The molecule has 1 saturated heterocycles. The standard InChI is InChI=1S/C22H23N3O3/c1-14-7-8-17(13-15(14)2)28-16-9-11-25(12-10-16)22(27)20-21(26)18-5-3-4-6-19(18)23-24-20/h3-8,13,16H,9-12H2,1-2H3,(H,23,26). The summed E-state index contributed by atoms with van der Waals surface area (Å²) in [5, 5.41) is 7.32. The molecule has 0 saturated carbocycles. The van der Waals surface area contributed by atoms with Gasteiger partial charge in [-0.25, -0.2) is 0 Å². The molecule has 2 aromatic carbocycles. The quantitative estimate of drug-likeness (QED) is 0.760. The van der Waals surface area contributed by atoms with Gasteiger partial charge in [0.05, 0.1) is 5.52 Å². The molecule has 2 heterocycles. The fourth-order valence-electron chi connectivity index (χ4n) is 3.52. The number of aromatic amines is 1. The molecule has 4 rings (SSSR count). The predicted octanol–water partition coefficient (Wildman–Crippen LogP) is 3.22. The number of H-pyrrole nitrogens is 1. The highest BCUT2D eigenvalue weighted by atomic mass is 16.5. The van der Waals surface area contributed by atoms with Crippen LogP contribution in [-0.4, -0.2) is 40.2 Å². The molecule has 0 radical (unpaired) electrons. The minimum absolute atomic E-state index is 0.0489. The highest BCUT2D eigenvalue weighted by Gasteiger charge is 2.27.